The van der Waals surface area contributed by atoms with E-state index in [1.165, 1.54) is 18.3 Å². The summed E-state index contributed by atoms with van der Waals surface area (Å²) in [5.74, 6) is 0.732. The number of carbonyl (C=O) groups is 3. The third-order valence-corrected chi connectivity index (χ3v) is 7.58. The maximum absolute atomic E-state index is 12.0. The van der Waals surface area contributed by atoms with E-state index in [2.05, 4.69) is 31.2 Å². The van der Waals surface area contributed by atoms with Crippen LogP contribution in [0.2, 0.25) is 0 Å². The Morgan fingerprint density at radius 2 is 1.77 bits per heavy atom. The molecule has 4 amide bonds. The van der Waals surface area contributed by atoms with Gasteiger partial charge in [0.15, 0.2) is 0 Å². The summed E-state index contributed by atoms with van der Waals surface area (Å²) in [4.78, 5) is 62.1. The monoisotopic (exact) mass is 506 g/mol. The molecule has 0 aliphatic carbocycles. The Labute approximate surface area is 207 Å². The highest BCUT2D eigenvalue weighted by atomic mass is 32.2. The van der Waals surface area contributed by atoms with Gasteiger partial charge in [-0.3, -0.25) is 19.4 Å². The number of nitrogens with one attached hydrogen (secondary N) is 6. The number of fused-ring (bicyclic) bond motifs is 1. The molecule has 11 nitrogen and oxygen atoms in total. The van der Waals surface area contributed by atoms with Crippen molar-refractivity contribution in [2.75, 3.05) is 18.8 Å². The molecule has 6 N–H and O–H groups in total. The molecule has 192 valence electrons. The third kappa shape index (κ3) is 8.93. The molecule has 0 saturated carbocycles. The fraction of sp³-hybridized carbons (Fsp3) is 0.609. The highest BCUT2D eigenvalue weighted by Gasteiger charge is 2.42. The first-order valence-corrected chi connectivity index (χ1v) is 13.2. The molecule has 0 radical (unpaired) electrons. The Hall–Kier alpha value is -3.02. The maximum atomic E-state index is 12.0. The van der Waals surface area contributed by atoms with Crippen molar-refractivity contribution in [3.05, 3.63) is 38.7 Å². The minimum absolute atomic E-state index is 0.0651. The van der Waals surface area contributed by atoms with Crippen molar-refractivity contribution in [2.45, 2.75) is 68.7 Å². The molecule has 2 fully saturated rings. The van der Waals surface area contributed by atoms with E-state index in [9.17, 15) is 24.0 Å². The summed E-state index contributed by atoms with van der Waals surface area (Å²) < 4.78 is 0. The smallest absolute Gasteiger partial charge is 0.325 e. The summed E-state index contributed by atoms with van der Waals surface area (Å²) in [7, 11) is 0. The van der Waals surface area contributed by atoms with Crippen LogP contribution < -0.4 is 32.5 Å². The van der Waals surface area contributed by atoms with Gasteiger partial charge in [-0.2, -0.15) is 11.8 Å². The number of hydrogen-bond acceptors (Lipinski definition) is 6. The van der Waals surface area contributed by atoms with E-state index in [1.807, 2.05) is 11.8 Å². The molecule has 1 aromatic heterocycles. The number of H-pyrrole nitrogens is 2. The van der Waals surface area contributed by atoms with Crippen molar-refractivity contribution in [1.82, 2.24) is 31.2 Å². The summed E-state index contributed by atoms with van der Waals surface area (Å²) in [5.41, 5.74) is -0.947. The van der Waals surface area contributed by atoms with E-state index < -0.39 is 11.2 Å². The van der Waals surface area contributed by atoms with E-state index in [0.717, 1.165) is 50.7 Å². The molecular formula is C23H34N6O5S. The average molecular weight is 507 g/mol. The molecule has 0 aromatic carbocycles. The zero-order chi connectivity index (χ0) is 25.0. The molecule has 1 aromatic rings. The maximum Gasteiger partial charge on any atom is 0.325 e. The molecule has 12 heteroatoms. The lowest BCUT2D eigenvalue weighted by Crippen LogP contribution is -2.36. The molecule has 2 aliphatic heterocycles. The second-order valence-corrected chi connectivity index (χ2v) is 10.1. The third-order valence-electron chi connectivity index (χ3n) is 6.07. The lowest BCUT2D eigenvalue weighted by atomic mass is 10.0. The van der Waals surface area contributed by atoms with Gasteiger partial charge in [0.25, 0.3) is 5.56 Å². The van der Waals surface area contributed by atoms with Gasteiger partial charge in [-0.15, -0.1) is 0 Å². The number of urea groups is 1. The van der Waals surface area contributed by atoms with Gasteiger partial charge in [-0.25, -0.2) is 9.59 Å². The number of thioether (sulfide) groups is 1. The summed E-state index contributed by atoms with van der Waals surface area (Å²) in [5, 5.41) is 12.1. The van der Waals surface area contributed by atoms with Crippen molar-refractivity contribution in [3.8, 4) is 0 Å². The summed E-state index contributed by atoms with van der Waals surface area (Å²) in [6.45, 7) is 1.18. The van der Waals surface area contributed by atoms with Crippen LogP contribution in [-0.2, 0) is 9.59 Å². The van der Waals surface area contributed by atoms with E-state index in [0.29, 0.717) is 24.8 Å². The fourth-order valence-electron chi connectivity index (χ4n) is 4.17. The Balaban J connectivity index is 1.13. The zero-order valence-corrected chi connectivity index (χ0v) is 20.5. The number of aromatic amines is 2. The molecular weight excluding hydrogens is 472 g/mol. The Kier molecular flexibility index (Phi) is 10.5. The van der Waals surface area contributed by atoms with Gasteiger partial charge in [0, 0.05) is 42.8 Å². The fourth-order valence-corrected chi connectivity index (χ4v) is 5.72. The van der Waals surface area contributed by atoms with Crippen molar-refractivity contribution < 1.29 is 14.4 Å². The number of amides is 4. The van der Waals surface area contributed by atoms with Crippen molar-refractivity contribution >= 4 is 35.7 Å². The predicted octanol–water partition coefficient (Wildman–Crippen LogP) is 0.595. The van der Waals surface area contributed by atoms with E-state index >= 15 is 0 Å². The van der Waals surface area contributed by atoms with Gasteiger partial charge in [-0.05, 0) is 31.8 Å². The molecule has 3 rings (SSSR count). The van der Waals surface area contributed by atoms with Crippen LogP contribution in [0.15, 0.2) is 21.9 Å². The van der Waals surface area contributed by atoms with Crippen molar-refractivity contribution in [2.24, 2.45) is 0 Å². The number of hydrogen-bond donors (Lipinski definition) is 6. The molecule has 0 spiro atoms. The van der Waals surface area contributed by atoms with E-state index in [1.54, 1.807) is 0 Å². The first-order valence-electron chi connectivity index (χ1n) is 12.2. The number of rotatable bonds is 14. The number of carbonyl (C=O) groups excluding carboxylic acids is 3. The van der Waals surface area contributed by atoms with Gasteiger partial charge in [0.2, 0.25) is 11.8 Å². The van der Waals surface area contributed by atoms with Gasteiger partial charge < -0.3 is 26.3 Å². The summed E-state index contributed by atoms with van der Waals surface area (Å²) >= 11 is 1.90. The minimum Gasteiger partial charge on any atom is -0.356 e. The van der Waals surface area contributed by atoms with Crippen LogP contribution in [-0.4, -0.2) is 64.0 Å². The van der Waals surface area contributed by atoms with Crippen LogP contribution >= 0.6 is 11.8 Å². The van der Waals surface area contributed by atoms with Crippen LogP contribution in [0.3, 0.4) is 0 Å². The van der Waals surface area contributed by atoms with Crippen LogP contribution in [0.4, 0.5) is 4.79 Å². The Bertz CT molecular complexity index is 1020. The Morgan fingerprint density at radius 3 is 2.54 bits per heavy atom. The quantitative estimate of drug-likeness (QED) is 0.123. The first-order chi connectivity index (χ1) is 16.9. The normalized spacial score (nSPS) is 20.9. The molecule has 2 saturated heterocycles. The summed E-state index contributed by atoms with van der Waals surface area (Å²) in [6, 6.07) is 0.401. The second-order valence-electron chi connectivity index (χ2n) is 8.78. The van der Waals surface area contributed by atoms with Crippen LogP contribution in [0.5, 0.6) is 0 Å². The van der Waals surface area contributed by atoms with Crippen LogP contribution in [0.1, 0.15) is 56.9 Å². The first kappa shape index (κ1) is 26.6. The molecule has 0 bridgehead atoms. The molecule has 3 unspecified atom stereocenters. The van der Waals surface area contributed by atoms with Gasteiger partial charge in [0.05, 0.1) is 17.6 Å². The van der Waals surface area contributed by atoms with Crippen LogP contribution in [0, 0.1) is 0 Å². The molecule has 3 heterocycles. The van der Waals surface area contributed by atoms with E-state index in [4.69, 9.17) is 0 Å². The molecule has 2 aliphatic rings. The SMILES string of the molecule is O=C(/C=C/c1c[nH]c(=O)[nH]c1=O)NCCCCCCNC(=O)CCCCC1SCC2NC(=O)NC21. The number of unbranched alkanes of at least 4 members (excludes halogenated alkanes) is 4. The van der Waals surface area contributed by atoms with E-state index in [-0.39, 0.29) is 35.5 Å². The van der Waals surface area contributed by atoms with Crippen LogP contribution in [0.25, 0.3) is 6.08 Å². The highest BCUT2D eigenvalue weighted by Crippen LogP contribution is 2.33. The van der Waals surface area contributed by atoms with Gasteiger partial charge in [0.1, 0.15) is 0 Å². The lowest BCUT2D eigenvalue weighted by molar-refractivity contribution is -0.121. The molecule has 3 atom stereocenters. The summed E-state index contributed by atoms with van der Waals surface area (Å²) in [6.07, 6.45) is 10.8. The number of aromatic nitrogens is 2. The lowest BCUT2D eigenvalue weighted by Gasteiger charge is -2.16. The standard InChI is InChI=1S/C23H34N6O5S/c30-18(8-4-3-7-17-20-16(14-35-17)27-23(34)28-20)24-11-5-1-2-6-12-25-19(31)10-9-15-13-26-22(33)29-21(15)32/h9-10,13,16-17,20H,1-8,11-12,14H2,(H,24,30)(H,25,31)(H2,27,28,34)(H2,26,29,32,33)/b10-9+. The zero-order valence-electron chi connectivity index (χ0n) is 19.7. The predicted molar refractivity (Wildman–Crippen MR) is 135 cm³/mol. The average Bonchev–Trinajstić information content (AvgIpc) is 3.37. The van der Waals surface area contributed by atoms with Crippen molar-refractivity contribution in [3.63, 3.8) is 0 Å². The second kappa shape index (κ2) is 13.8. The topological polar surface area (TPSA) is 165 Å². The molecule has 35 heavy (non-hydrogen) atoms. The minimum atomic E-state index is -0.594. The highest BCUT2D eigenvalue weighted by molar-refractivity contribution is 8.00. The van der Waals surface area contributed by atoms with Gasteiger partial charge in [-0.1, -0.05) is 19.3 Å². The van der Waals surface area contributed by atoms with Gasteiger partial charge >= 0.3 is 11.7 Å². The Morgan fingerprint density at radius 1 is 1.00 bits per heavy atom. The largest absolute Gasteiger partial charge is 0.356 e. The van der Waals surface area contributed by atoms with Crippen molar-refractivity contribution in [1.29, 1.82) is 0 Å².